The summed E-state index contributed by atoms with van der Waals surface area (Å²) in [6.45, 7) is 20.3. The van der Waals surface area contributed by atoms with Crippen LogP contribution in [0.15, 0.2) is 0 Å². The minimum atomic E-state index is -0.475. The molecule has 0 radical (unpaired) electrons. The number of piperazine rings is 1. The molecule has 0 aromatic heterocycles. The minimum absolute atomic E-state index is 0.00615. The van der Waals surface area contributed by atoms with Crippen molar-refractivity contribution in [2.45, 2.75) is 252 Å². The van der Waals surface area contributed by atoms with Crippen LogP contribution in [-0.2, 0) is 23.8 Å². The number of nitrogens with zero attached hydrogens (tertiary/aromatic N) is 3. The number of hydrogen-bond donors (Lipinski definition) is 0. The van der Waals surface area contributed by atoms with Crippen LogP contribution in [0.2, 0.25) is 0 Å². The van der Waals surface area contributed by atoms with E-state index in [1.807, 2.05) is 25.7 Å². The molecule has 9 heteroatoms. The number of rotatable bonds is 40. The van der Waals surface area contributed by atoms with Crippen LogP contribution in [0.4, 0.5) is 4.79 Å². The molecule has 1 rings (SSSR count). The number of ether oxygens (including phenoxy) is 3. The molecule has 1 aliphatic rings. The highest BCUT2D eigenvalue weighted by Gasteiger charge is 2.26. The van der Waals surface area contributed by atoms with Crippen LogP contribution in [-0.4, -0.2) is 103 Å². The molecule has 0 aromatic rings. The van der Waals surface area contributed by atoms with E-state index in [4.69, 9.17) is 14.2 Å². The fourth-order valence-electron chi connectivity index (χ4n) is 8.14. The maximum atomic E-state index is 12.8. The van der Waals surface area contributed by atoms with Gasteiger partial charge >= 0.3 is 18.0 Å². The quantitative estimate of drug-likeness (QED) is 0.0342. The van der Waals surface area contributed by atoms with Gasteiger partial charge in [0, 0.05) is 52.1 Å². The summed E-state index contributed by atoms with van der Waals surface area (Å²) in [5.41, 5.74) is -0.475. The molecule has 0 aliphatic carbocycles. The van der Waals surface area contributed by atoms with Gasteiger partial charge in [-0.15, -0.1) is 0 Å². The van der Waals surface area contributed by atoms with Crippen LogP contribution in [0, 0.1) is 0 Å². The lowest BCUT2D eigenvalue weighted by Crippen LogP contribution is -2.51. The van der Waals surface area contributed by atoms with Gasteiger partial charge in [-0.2, -0.15) is 0 Å². The van der Waals surface area contributed by atoms with Crippen molar-refractivity contribution in [3.05, 3.63) is 0 Å². The Morgan fingerprint density at radius 2 is 0.950 bits per heavy atom. The van der Waals surface area contributed by atoms with Gasteiger partial charge in [-0.1, -0.05) is 149 Å². The van der Waals surface area contributed by atoms with E-state index in [1.165, 1.54) is 109 Å². The van der Waals surface area contributed by atoms with E-state index < -0.39 is 5.60 Å². The van der Waals surface area contributed by atoms with Crippen molar-refractivity contribution in [3.8, 4) is 0 Å². The molecule has 1 saturated heterocycles. The van der Waals surface area contributed by atoms with Gasteiger partial charge in [0.15, 0.2) is 0 Å². The van der Waals surface area contributed by atoms with Gasteiger partial charge in [-0.25, -0.2) is 4.79 Å². The van der Waals surface area contributed by atoms with Crippen LogP contribution >= 0.6 is 0 Å². The van der Waals surface area contributed by atoms with E-state index in [1.54, 1.807) is 0 Å². The van der Waals surface area contributed by atoms with Gasteiger partial charge in [-0.3, -0.25) is 14.5 Å². The molecule has 60 heavy (non-hydrogen) atoms. The van der Waals surface area contributed by atoms with Crippen molar-refractivity contribution in [1.82, 2.24) is 14.7 Å². The van der Waals surface area contributed by atoms with E-state index in [0.717, 1.165) is 116 Å². The Morgan fingerprint density at radius 3 is 1.48 bits per heavy atom. The summed E-state index contributed by atoms with van der Waals surface area (Å²) >= 11 is 0. The number of unbranched alkanes of at least 4 members (excludes halogenated alkanes) is 22. The van der Waals surface area contributed by atoms with E-state index in [-0.39, 0.29) is 24.1 Å². The average Bonchev–Trinajstić information content (AvgIpc) is 3.22. The molecule has 0 saturated carbocycles. The molecule has 0 spiro atoms. The summed E-state index contributed by atoms with van der Waals surface area (Å²) in [5, 5.41) is 0. The summed E-state index contributed by atoms with van der Waals surface area (Å²) < 4.78 is 17.2. The van der Waals surface area contributed by atoms with Crippen LogP contribution in [0.1, 0.15) is 241 Å². The Bertz CT molecular complexity index is 1010. The lowest BCUT2D eigenvalue weighted by Gasteiger charge is -2.36. The van der Waals surface area contributed by atoms with Gasteiger partial charge in [0.05, 0.1) is 6.61 Å². The molecule has 1 aliphatic heterocycles. The molecule has 0 aromatic carbocycles. The SMILES string of the molecule is CCCCCCCCCCCOC(=O)CCCCCN(CCCCCCCC(=O)OC(CCCCCC)CCCCCCCC)CCN1CCN(C(=O)OC(C)(C)C)CC1. The standard InChI is InChI=1S/C51H99N3O6/c1-7-10-13-16-18-19-20-25-33-46-58-48(55)36-30-26-32-39-52(40-41-53-42-44-54(45-43-53)50(57)60-51(4,5)6)38-31-24-21-23-29-37-49(56)59-47(34-27-15-12-9-3)35-28-22-17-14-11-8-2/h47H,7-46H2,1-6H3. The fourth-order valence-corrected chi connectivity index (χ4v) is 8.14. The number of hydrogen-bond acceptors (Lipinski definition) is 8. The number of carbonyl (C=O) groups is 3. The first kappa shape index (κ1) is 56.1. The fraction of sp³-hybridized carbons (Fsp3) is 0.941. The van der Waals surface area contributed by atoms with Crippen molar-refractivity contribution in [2.75, 3.05) is 59.0 Å². The van der Waals surface area contributed by atoms with E-state index >= 15 is 0 Å². The van der Waals surface area contributed by atoms with E-state index in [9.17, 15) is 14.4 Å². The Labute approximate surface area is 371 Å². The second kappa shape index (κ2) is 38.8. The number of esters is 2. The summed E-state index contributed by atoms with van der Waals surface area (Å²) in [6, 6.07) is 0. The number of carbonyl (C=O) groups excluding carboxylic acids is 3. The Morgan fingerprint density at radius 1 is 0.517 bits per heavy atom. The molecule has 1 amide bonds. The summed E-state index contributed by atoms with van der Waals surface area (Å²) in [4.78, 5) is 44.7. The topological polar surface area (TPSA) is 88.6 Å². The maximum Gasteiger partial charge on any atom is 0.410 e. The molecule has 1 atom stereocenters. The van der Waals surface area contributed by atoms with Crippen molar-refractivity contribution < 1.29 is 28.6 Å². The van der Waals surface area contributed by atoms with Crippen LogP contribution in [0.3, 0.4) is 0 Å². The zero-order valence-corrected chi connectivity index (χ0v) is 40.7. The zero-order chi connectivity index (χ0) is 43.9. The highest BCUT2D eigenvalue weighted by atomic mass is 16.6. The van der Waals surface area contributed by atoms with Crippen molar-refractivity contribution in [3.63, 3.8) is 0 Å². The normalized spacial score (nSPS) is 14.2. The van der Waals surface area contributed by atoms with Gasteiger partial charge in [0.2, 0.25) is 0 Å². The lowest BCUT2D eigenvalue weighted by molar-refractivity contribution is -0.150. The van der Waals surface area contributed by atoms with Gasteiger partial charge in [0.1, 0.15) is 11.7 Å². The first-order chi connectivity index (χ1) is 29.1. The Balaban J connectivity index is 2.41. The summed E-state index contributed by atoms with van der Waals surface area (Å²) in [6.07, 6.45) is 35.4. The first-order valence-electron chi connectivity index (χ1n) is 25.9. The predicted octanol–water partition coefficient (Wildman–Crippen LogP) is 13.4. The summed E-state index contributed by atoms with van der Waals surface area (Å²) in [5.74, 6) is -0.0350. The first-order valence-corrected chi connectivity index (χ1v) is 25.9. The molecular formula is C51H99N3O6. The average molecular weight is 850 g/mol. The molecule has 1 unspecified atom stereocenters. The van der Waals surface area contributed by atoms with Gasteiger partial charge in [-0.05, 0) is 91.6 Å². The smallest absolute Gasteiger partial charge is 0.410 e. The van der Waals surface area contributed by atoms with Crippen LogP contribution in [0.5, 0.6) is 0 Å². The van der Waals surface area contributed by atoms with E-state index in [0.29, 0.717) is 32.5 Å². The van der Waals surface area contributed by atoms with Crippen LogP contribution in [0.25, 0.3) is 0 Å². The van der Waals surface area contributed by atoms with Crippen molar-refractivity contribution in [2.24, 2.45) is 0 Å². The highest BCUT2D eigenvalue weighted by molar-refractivity contribution is 5.69. The molecule has 0 bridgehead atoms. The lowest BCUT2D eigenvalue weighted by atomic mass is 10.0. The molecule has 354 valence electrons. The monoisotopic (exact) mass is 850 g/mol. The van der Waals surface area contributed by atoms with Crippen molar-refractivity contribution >= 4 is 18.0 Å². The molecule has 9 nitrogen and oxygen atoms in total. The van der Waals surface area contributed by atoms with Gasteiger partial charge in [0.25, 0.3) is 0 Å². The van der Waals surface area contributed by atoms with Gasteiger partial charge < -0.3 is 24.0 Å². The third-order valence-electron chi connectivity index (χ3n) is 12.0. The molecular weight excluding hydrogens is 751 g/mol. The third kappa shape index (κ3) is 34.7. The summed E-state index contributed by atoms with van der Waals surface area (Å²) in [7, 11) is 0. The minimum Gasteiger partial charge on any atom is -0.466 e. The molecule has 0 N–H and O–H groups in total. The third-order valence-corrected chi connectivity index (χ3v) is 12.0. The number of amides is 1. The van der Waals surface area contributed by atoms with E-state index in [2.05, 4.69) is 30.6 Å². The zero-order valence-electron chi connectivity index (χ0n) is 40.7. The second-order valence-electron chi connectivity index (χ2n) is 19.0. The van der Waals surface area contributed by atoms with Crippen LogP contribution < -0.4 is 0 Å². The second-order valence-corrected chi connectivity index (χ2v) is 19.0. The largest absolute Gasteiger partial charge is 0.466 e. The van der Waals surface area contributed by atoms with Crippen molar-refractivity contribution in [1.29, 1.82) is 0 Å². The molecule has 1 fully saturated rings. The molecule has 1 heterocycles. The Hall–Kier alpha value is -1.87. The highest BCUT2D eigenvalue weighted by Crippen LogP contribution is 2.19. The predicted molar refractivity (Wildman–Crippen MR) is 252 cm³/mol. The Kier molecular flexibility index (Phi) is 36.3. The maximum absolute atomic E-state index is 12.8.